The number of ether oxygens (including phenoxy) is 1. The van der Waals surface area contributed by atoms with Crippen LogP contribution in [-0.2, 0) is 10.4 Å². The Morgan fingerprint density at radius 2 is 1.94 bits per heavy atom. The molecule has 1 aromatic carbocycles. The normalized spacial score (nSPS) is 14.2. The topological polar surface area (TPSA) is 46.5 Å². The molecule has 3 heteroatoms. The lowest BCUT2D eigenvalue weighted by Gasteiger charge is -2.26. The first kappa shape index (κ1) is 12.7. The highest BCUT2D eigenvalue weighted by Gasteiger charge is 2.28. The van der Waals surface area contributed by atoms with Crippen LogP contribution in [0, 0.1) is 0 Å². The maximum atomic E-state index is 11.1. The molecule has 0 aliphatic rings. The Morgan fingerprint density at radius 1 is 1.38 bits per heavy atom. The van der Waals surface area contributed by atoms with E-state index in [9.17, 15) is 9.90 Å². The second-order valence-corrected chi connectivity index (χ2v) is 3.99. The molecule has 0 bridgehead atoms. The Balaban J connectivity index is 2.98. The van der Waals surface area contributed by atoms with Gasteiger partial charge in [-0.05, 0) is 31.0 Å². The van der Waals surface area contributed by atoms with Crippen molar-refractivity contribution in [3.05, 3.63) is 29.8 Å². The van der Waals surface area contributed by atoms with Crippen molar-refractivity contribution < 1.29 is 14.6 Å². The molecule has 0 unspecified atom stereocenters. The minimum absolute atomic E-state index is 0.0137. The van der Waals surface area contributed by atoms with Gasteiger partial charge in [0.15, 0.2) is 0 Å². The van der Waals surface area contributed by atoms with Gasteiger partial charge in [-0.15, -0.1) is 0 Å². The van der Waals surface area contributed by atoms with E-state index in [1.54, 1.807) is 31.4 Å². The molecule has 0 heterocycles. The van der Waals surface area contributed by atoms with Crippen LogP contribution in [0.3, 0.4) is 0 Å². The molecular weight excluding hydrogens is 204 g/mol. The summed E-state index contributed by atoms with van der Waals surface area (Å²) in [5.41, 5.74) is -0.302. The molecule has 1 rings (SSSR count). The van der Waals surface area contributed by atoms with Gasteiger partial charge in [0, 0.05) is 6.42 Å². The largest absolute Gasteiger partial charge is 0.497 e. The van der Waals surface area contributed by atoms with E-state index in [4.69, 9.17) is 4.74 Å². The monoisotopic (exact) mass is 222 g/mol. The average molecular weight is 222 g/mol. The van der Waals surface area contributed by atoms with E-state index in [0.717, 1.165) is 11.3 Å². The molecule has 0 saturated heterocycles. The van der Waals surface area contributed by atoms with Crippen LogP contribution in [0.2, 0.25) is 0 Å². The van der Waals surface area contributed by atoms with Gasteiger partial charge >= 0.3 is 0 Å². The van der Waals surface area contributed by atoms with Gasteiger partial charge in [0.25, 0.3) is 0 Å². The number of hydrogen-bond donors (Lipinski definition) is 1. The molecular formula is C13H18O3. The van der Waals surface area contributed by atoms with E-state index in [1.807, 2.05) is 6.92 Å². The lowest BCUT2D eigenvalue weighted by atomic mass is 9.86. The summed E-state index contributed by atoms with van der Waals surface area (Å²) in [6, 6.07) is 7.17. The average Bonchev–Trinajstić information content (AvgIpc) is 2.28. The zero-order valence-electron chi connectivity index (χ0n) is 9.99. The number of hydrogen-bond acceptors (Lipinski definition) is 3. The number of rotatable bonds is 5. The lowest BCUT2D eigenvalue weighted by Crippen LogP contribution is -2.27. The summed E-state index contributed by atoms with van der Waals surface area (Å²) in [6.07, 6.45) is 0.661. The Bertz CT molecular complexity index is 356. The van der Waals surface area contributed by atoms with Gasteiger partial charge in [-0.3, -0.25) is 4.79 Å². The van der Waals surface area contributed by atoms with Crippen molar-refractivity contribution >= 4 is 5.78 Å². The second kappa shape index (κ2) is 5.12. The summed E-state index contributed by atoms with van der Waals surface area (Å²) in [5, 5.41) is 10.4. The van der Waals surface area contributed by atoms with Gasteiger partial charge in [0.2, 0.25) is 0 Å². The number of Topliss-reactive ketones (excluding diaryl/α,β-unsaturated/α-hetero) is 1. The summed E-state index contributed by atoms with van der Waals surface area (Å²) < 4.78 is 5.05. The van der Waals surface area contributed by atoms with E-state index in [0.29, 0.717) is 6.42 Å². The molecule has 0 aromatic heterocycles. The third kappa shape index (κ3) is 2.83. The van der Waals surface area contributed by atoms with E-state index in [-0.39, 0.29) is 12.2 Å². The maximum Gasteiger partial charge on any atom is 0.133 e. The van der Waals surface area contributed by atoms with Gasteiger partial charge in [0.1, 0.15) is 11.5 Å². The zero-order chi connectivity index (χ0) is 12.2. The minimum Gasteiger partial charge on any atom is -0.497 e. The van der Waals surface area contributed by atoms with Crippen LogP contribution in [0.5, 0.6) is 5.75 Å². The first-order chi connectivity index (χ1) is 7.51. The highest BCUT2D eigenvalue weighted by Crippen LogP contribution is 2.30. The maximum absolute atomic E-state index is 11.1. The molecule has 0 spiro atoms. The molecule has 1 N–H and O–H groups in total. The highest BCUT2D eigenvalue weighted by molar-refractivity contribution is 5.76. The number of ketones is 1. The predicted molar refractivity (Wildman–Crippen MR) is 62.5 cm³/mol. The summed E-state index contributed by atoms with van der Waals surface area (Å²) in [5.74, 6) is 0.727. The van der Waals surface area contributed by atoms with Gasteiger partial charge in [0.05, 0.1) is 12.7 Å². The lowest BCUT2D eigenvalue weighted by molar-refractivity contribution is -0.122. The minimum atomic E-state index is -1.06. The van der Waals surface area contributed by atoms with Gasteiger partial charge in [-0.25, -0.2) is 0 Å². The van der Waals surface area contributed by atoms with E-state index in [2.05, 4.69) is 0 Å². The van der Waals surface area contributed by atoms with Gasteiger partial charge in [-0.2, -0.15) is 0 Å². The fourth-order valence-corrected chi connectivity index (χ4v) is 1.74. The van der Waals surface area contributed by atoms with E-state index >= 15 is 0 Å². The number of aliphatic hydroxyl groups is 1. The van der Waals surface area contributed by atoms with Crippen molar-refractivity contribution in [1.29, 1.82) is 0 Å². The molecule has 0 radical (unpaired) electrons. The summed E-state index contributed by atoms with van der Waals surface area (Å²) in [7, 11) is 1.59. The Labute approximate surface area is 96.1 Å². The molecule has 0 aliphatic heterocycles. The molecule has 1 aromatic rings. The SMILES string of the molecule is CC[C@](O)(CC(C)=O)c1ccc(OC)cc1. The van der Waals surface area contributed by atoms with Crippen LogP contribution in [0.1, 0.15) is 32.3 Å². The quantitative estimate of drug-likeness (QED) is 0.831. The smallest absolute Gasteiger partial charge is 0.133 e. The molecule has 1 atom stereocenters. The molecule has 0 fully saturated rings. The second-order valence-electron chi connectivity index (χ2n) is 3.99. The van der Waals surface area contributed by atoms with Crippen LogP contribution in [0.15, 0.2) is 24.3 Å². The van der Waals surface area contributed by atoms with Gasteiger partial charge in [-0.1, -0.05) is 19.1 Å². The van der Waals surface area contributed by atoms with Crippen molar-refractivity contribution in [2.24, 2.45) is 0 Å². The van der Waals surface area contributed by atoms with E-state index < -0.39 is 5.60 Å². The standard InChI is InChI=1S/C13H18O3/c1-4-13(15,9-10(2)14)11-5-7-12(16-3)8-6-11/h5-8,15H,4,9H2,1-3H3/t13-/m0/s1. The predicted octanol–water partition coefficient (Wildman–Crippen LogP) is 2.27. The zero-order valence-corrected chi connectivity index (χ0v) is 9.99. The van der Waals surface area contributed by atoms with Crippen molar-refractivity contribution in [3.63, 3.8) is 0 Å². The molecule has 0 aliphatic carbocycles. The van der Waals surface area contributed by atoms with Crippen LogP contribution in [0.25, 0.3) is 0 Å². The summed E-state index contributed by atoms with van der Waals surface area (Å²) in [4.78, 5) is 11.1. The molecule has 16 heavy (non-hydrogen) atoms. The van der Waals surface area contributed by atoms with Crippen LogP contribution in [0.4, 0.5) is 0 Å². The Hall–Kier alpha value is -1.35. The third-order valence-corrected chi connectivity index (χ3v) is 2.75. The fraction of sp³-hybridized carbons (Fsp3) is 0.462. The van der Waals surface area contributed by atoms with Crippen molar-refractivity contribution in [2.75, 3.05) is 7.11 Å². The number of carbonyl (C=O) groups excluding carboxylic acids is 1. The van der Waals surface area contributed by atoms with Crippen LogP contribution >= 0.6 is 0 Å². The summed E-state index contributed by atoms with van der Waals surface area (Å²) in [6.45, 7) is 3.36. The summed E-state index contributed by atoms with van der Waals surface area (Å²) >= 11 is 0. The van der Waals surface area contributed by atoms with Crippen LogP contribution in [-0.4, -0.2) is 18.0 Å². The Morgan fingerprint density at radius 3 is 2.31 bits per heavy atom. The van der Waals surface area contributed by atoms with E-state index in [1.165, 1.54) is 6.92 Å². The van der Waals surface area contributed by atoms with Crippen molar-refractivity contribution in [3.8, 4) is 5.75 Å². The number of carbonyl (C=O) groups is 1. The van der Waals surface area contributed by atoms with Crippen molar-refractivity contribution in [1.82, 2.24) is 0 Å². The number of benzene rings is 1. The Kier molecular flexibility index (Phi) is 4.07. The molecule has 3 nitrogen and oxygen atoms in total. The highest BCUT2D eigenvalue weighted by atomic mass is 16.5. The number of methoxy groups -OCH3 is 1. The van der Waals surface area contributed by atoms with Gasteiger partial charge < -0.3 is 9.84 Å². The molecule has 88 valence electrons. The fourth-order valence-electron chi connectivity index (χ4n) is 1.74. The third-order valence-electron chi connectivity index (χ3n) is 2.75. The van der Waals surface area contributed by atoms with Crippen molar-refractivity contribution in [2.45, 2.75) is 32.3 Å². The molecule has 0 saturated carbocycles. The molecule has 0 amide bonds. The first-order valence-corrected chi connectivity index (χ1v) is 5.38. The first-order valence-electron chi connectivity index (χ1n) is 5.38. The van der Waals surface area contributed by atoms with Crippen LogP contribution < -0.4 is 4.74 Å².